The maximum atomic E-state index is 13.4. The Kier molecular flexibility index (Phi) is 2.73. The van der Waals surface area contributed by atoms with Crippen molar-refractivity contribution in [2.75, 3.05) is 5.73 Å². The van der Waals surface area contributed by atoms with Crippen molar-refractivity contribution in [1.29, 1.82) is 0 Å². The zero-order valence-corrected chi connectivity index (χ0v) is 9.41. The average Bonchev–Trinajstić information content (AvgIpc) is 2.58. The van der Waals surface area contributed by atoms with Gasteiger partial charge in [0.2, 0.25) is 0 Å². The van der Waals surface area contributed by atoms with E-state index in [1.807, 2.05) is 0 Å². The van der Waals surface area contributed by atoms with E-state index in [-0.39, 0.29) is 5.82 Å². The molecule has 2 rings (SSSR count). The third-order valence-electron chi connectivity index (χ3n) is 2.00. The number of aromatic nitrogens is 2. The molecule has 0 unspecified atom stereocenters. The minimum atomic E-state index is -0.243. The van der Waals surface area contributed by atoms with Crippen molar-refractivity contribution in [2.24, 2.45) is 0 Å². The normalized spacial score (nSPS) is 10.5. The molecule has 0 aliphatic heterocycles. The molecular weight excluding hydrogens is 261 g/mol. The Balaban J connectivity index is 2.27. The molecular formula is C10H9BrFN3. The number of nitrogen functional groups attached to an aromatic ring is 1. The standard InChI is InChI=1S/C10H9BrFN3/c11-8-1-2-9(12)7(5-8)6-15-4-3-10(13)14-15/h1-5H,6H2,(H2,13,14). The van der Waals surface area contributed by atoms with Crippen molar-refractivity contribution in [1.82, 2.24) is 9.78 Å². The minimum absolute atomic E-state index is 0.243. The van der Waals surface area contributed by atoms with Crippen LogP contribution >= 0.6 is 15.9 Å². The molecule has 2 aromatic rings. The lowest BCUT2D eigenvalue weighted by Crippen LogP contribution is -2.03. The second-order valence-electron chi connectivity index (χ2n) is 3.17. The van der Waals surface area contributed by atoms with Crippen LogP contribution in [0.25, 0.3) is 0 Å². The summed E-state index contributed by atoms with van der Waals surface area (Å²) in [4.78, 5) is 0. The molecule has 0 amide bonds. The molecule has 0 saturated carbocycles. The maximum Gasteiger partial charge on any atom is 0.145 e. The van der Waals surface area contributed by atoms with Gasteiger partial charge in [-0.05, 0) is 24.3 Å². The number of benzene rings is 1. The second-order valence-corrected chi connectivity index (χ2v) is 4.09. The summed E-state index contributed by atoms with van der Waals surface area (Å²) in [5.74, 6) is 0.192. The third kappa shape index (κ3) is 2.36. The van der Waals surface area contributed by atoms with Crippen molar-refractivity contribution in [2.45, 2.75) is 6.54 Å². The van der Waals surface area contributed by atoms with Crippen LogP contribution in [-0.4, -0.2) is 9.78 Å². The van der Waals surface area contributed by atoms with Crippen LogP contribution in [0.2, 0.25) is 0 Å². The molecule has 0 atom stereocenters. The van der Waals surface area contributed by atoms with E-state index >= 15 is 0 Å². The predicted molar refractivity (Wildman–Crippen MR) is 59.8 cm³/mol. The Morgan fingerprint density at radius 3 is 2.87 bits per heavy atom. The highest BCUT2D eigenvalue weighted by molar-refractivity contribution is 9.10. The van der Waals surface area contributed by atoms with Crippen molar-refractivity contribution in [3.8, 4) is 0 Å². The van der Waals surface area contributed by atoms with Gasteiger partial charge >= 0.3 is 0 Å². The van der Waals surface area contributed by atoms with Crippen molar-refractivity contribution in [3.05, 3.63) is 46.3 Å². The molecule has 78 valence electrons. The molecule has 1 heterocycles. The molecule has 0 aliphatic carbocycles. The SMILES string of the molecule is Nc1ccn(Cc2cc(Br)ccc2F)n1. The van der Waals surface area contributed by atoms with Gasteiger partial charge in [0.1, 0.15) is 11.6 Å². The lowest BCUT2D eigenvalue weighted by atomic mass is 10.2. The Morgan fingerprint density at radius 2 is 2.20 bits per heavy atom. The number of hydrogen-bond donors (Lipinski definition) is 1. The molecule has 1 aromatic carbocycles. The summed E-state index contributed by atoms with van der Waals surface area (Å²) in [6.45, 7) is 0.377. The van der Waals surface area contributed by atoms with Crippen LogP contribution < -0.4 is 5.73 Å². The van der Waals surface area contributed by atoms with Gasteiger partial charge in [0, 0.05) is 16.2 Å². The van der Waals surface area contributed by atoms with E-state index in [0.717, 1.165) is 4.47 Å². The van der Waals surface area contributed by atoms with Crippen molar-refractivity contribution >= 4 is 21.7 Å². The summed E-state index contributed by atoms with van der Waals surface area (Å²) in [6.07, 6.45) is 1.72. The fourth-order valence-corrected chi connectivity index (χ4v) is 1.71. The summed E-state index contributed by atoms with van der Waals surface area (Å²) in [7, 11) is 0. The number of anilines is 1. The van der Waals surface area contributed by atoms with Crippen LogP contribution in [0.15, 0.2) is 34.9 Å². The van der Waals surface area contributed by atoms with Crippen LogP contribution in [0.1, 0.15) is 5.56 Å². The Bertz CT molecular complexity index is 481. The molecule has 5 heteroatoms. The van der Waals surface area contributed by atoms with E-state index in [4.69, 9.17) is 5.73 Å². The number of nitrogens with two attached hydrogens (primary N) is 1. The highest BCUT2D eigenvalue weighted by Crippen LogP contribution is 2.16. The van der Waals surface area contributed by atoms with E-state index < -0.39 is 0 Å². The summed E-state index contributed by atoms with van der Waals surface area (Å²) in [5.41, 5.74) is 6.04. The Hall–Kier alpha value is -1.36. The third-order valence-corrected chi connectivity index (χ3v) is 2.49. The molecule has 0 fully saturated rings. The van der Waals surface area contributed by atoms with E-state index in [9.17, 15) is 4.39 Å². The minimum Gasteiger partial charge on any atom is -0.382 e. The monoisotopic (exact) mass is 269 g/mol. The highest BCUT2D eigenvalue weighted by atomic mass is 79.9. The van der Waals surface area contributed by atoms with Crippen LogP contribution in [-0.2, 0) is 6.54 Å². The van der Waals surface area contributed by atoms with E-state index in [1.165, 1.54) is 6.07 Å². The predicted octanol–water partition coefficient (Wildman–Crippen LogP) is 2.42. The Morgan fingerprint density at radius 1 is 1.40 bits per heavy atom. The van der Waals surface area contributed by atoms with Gasteiger partial charge in [-0.2, -0.15) is 5.10 Å². The quantitative estimate of drug-likeness (QED) is 0.910. The summed E-state index contributed by atoms with van der Waals surface area (Å²) in [6, 6.07) is 6.49. The summed E-state index contributed by atoms with van der Waals surface area (Å²) < 4.78 is 15.8. The molecule has 2 N–H and O–H groups in total. The van der Waals surface area contributed by atoms with Gasteiger partial charge in [-0.25, -0.2) is 4.39 Å². The van der Waals surface area contributed by atoms with Crippen molar-refractivity contribution in [3.63, 3.8) is 0 Å². The van der Waals surface area contributed by atoms with Gasteiger partial charge in [-0.1, -0.05) is 15.9 Å². The lowest BCUT2D eigenvalue weighted by molar-refractivity contribution is 0.585. The van der Waals surface area contributed by atoms with E-state index in [0.29, 0.717) is 17.9 Å². The molecule has 3 nitrogen and oxygen atoms in total. The average molecular weight is 270 g/mol. The molecule has 0 spiro atoms. The molecule has 0 radical (unpaired) electrons. The first-order valence-corrected chi connectivity index (χ1v) is 5.17. The fourth-order valence-electron chi connectivity index (χ4n) is 1.30. The lowest BCUT2D eigenvalue weighted by Gasteiger charge is -2.04. The van der Waals surface area contributed by atoms with Gasteiger partial charge in [-0.15, -0.1) is 0 Å². The van der Waals surface area contributed by atoms with Gasteiger partial charge in [0.25, 0.3) is 0 Å². The smallest absolute Gasteiger partial charge is 0.145 e. The second kappa shape index (κ2) is 4.02. The summed E-state index contributed by atoms with van der Waals surface area (Å²) >= 11 is 3.29. The first-order chi connectivity index (χ1) is 7.15. The van der Waals surface area contributed by atoms with Crippen LogP contribution in [0.3, 0.4) is 0 Å². The fraction of sp³-hybridized carbons (Fsp3) is 0.100. The molecule has 15 heavy (non-hydrogen) atoms. The van der Waals surface area contributed by atoms with Gasteiger partial charge in [0.15, 0.2) is 0 Å². The zero-order valence-electron chi connectivity index (χ0n) is 7.82. The highest BCUT2D eigenvalue weighted by Gasteiger charge is 2.04. The summed E-state index contributed by atoms with van der Waals surface area (Å²) in [5, 5.41) is 3.99. The largest absolute Gasteiger partial charge is 0.382 e. The van der Waals surface area contributed by atoms with E-state index in [2.05, 4.69) is 21.0 Å². The molecule has 0 bridgehead atoms. The first kappa shape index (κ1) is 10.2. The van der Waals surface area contributed by atoms with Gasteiger partial charge in [-0.3, -0.25) is 4.68 Å². The van der Waals surface area contributed by atoms with Crippen molar-refractivity contribution < 1.29 is 4.39 Å². The number of hydrogen-bond acceptors (Lipinski definition) is 2. The van der Waals surface area contributed by atoms with Gasteiger partial charge in [0.05, 0.1) is 6.54 Å². The number of rotatable bonds is 2. The Labute approximate surface area is 94.8 Å². The number of halogens is 2. The zero-order chi connectivity index (χ0) is 10.8. The molecule has 1 aromatic heterocycles. The van der Waals surface area contributed by atoms with Crippen LogP contribution in [0.4, 0.5) is 10.2 Å². The number of nitrogens with zero attached hydrogens (tertiary/aromatic N) is 2. The van der Waals surface area contributed by atoms with E-state index in [1.54, 1.807) is 29.1 Å². The first-order valence-electron chi connectivity index (χ1n) is 4.38. The van der Waals surface area contributed by atoms with Crippen LogP contribution in [0, 0.1) is 5.82 Å². The molecule has 0 saturated heterocycles. The topological polar surface area (TPSA) is 43.8 Å². The van der Waals surface area contributed by atoms with Crippen LogP contribution in [0.5, 0.6) is 0 Å². The maximum absolute atomic E-state index is 13.4. The molecule has 0 aliphatic rings. The van der Waals surface area contributed by atoms with Gasteiger partial charge < -0.3 is 5.73 Å².